The van der Waals surface area contributed by atoms with Gasteiger partial charge in [0.2, 0.25) is 0 Å². The van der Waals surface area contributed by atoms with Crippen LogP contribution in [0.1, 0.15) is 30.3 Å². The quantitative estimate of drug-likeness (QED) is 0.708. The van der Waals surface area contributed by atoms with E-state index in [0.29, 0.717) is 5.92 Å². The molecule has 1 aliphatic heterocycles. The van der Waals surface area contributed by atoms with Gasteiger partial charge >= 0.3 is 0 Å². The Morgan fingerprint density at radius 2 is 1.85 bits per heavy atom. The molecule has 0 radical (unpaired) electrons. The highest BCUT2D eigenvalue weighted by molar-refractivity contribution is 6.30. The Bertz CT molecular complexity index is 927. The van der Waals surface area contributed by atoms with Crippen molar-refractivity contribution in [1.82, 2.24) is 24.3 Å². The van der Waals surface area contributed by atoms with Crippen molar-refractivity contribution < 1.29 is 0 Å². The molecule has 0 N–H and O–H groups in total. The normalized spacial score (nSPS) is 18.6. The summed E-state index contributed by atoms with van der Waals surface area (Å²) in [5.74, 6) is 2.69. The zero-order chi connectivity index (χ0) is 17.5. The van der Waals surface area contributed by atoms with E-state index in [1.165, 1.54) is 12.8 Å². The van der Waals surface area contributed by atoms with Crippen molar-refractivity contribution in [2.75, 3.05) is 31.1 Å². The first-order valence-corrected chi connectivity index (χ1v) is 9.56. The lowest BCUT2D eigenvalue weighted by Gasteiger charge is -2.35. The van der Waals surface area contributed by atoms with Gasteiger partial charge in [-0.25, -0.2) is 15.0 Å². The van der Waals surface area contributed by atoms with E-state index in [9.17, 15) is 0 Å². The average Bonchev–Trinajstić information content (AvgIpc) is 3.44. The molecule has 1 saturated carbocycles. The van der Waals surface area contributed by atoms with E-state index >= 15 is 0 Å². The summed E-state index contributed by atoms with van der Waals surface area (Å²) < 4.78 is 1.99. The van der Waals surface area contributed by atoms with Crippen LogP contribution in [-0.2, 0) is 6.54 Å². The van der Waals surface area contributed by atoms with Crippen molar-refractivity contribution in [2.24, 2.45) is 0 Å². The summed E-state index contributed by atoms with van der Waals surface area (Å²) in [5, 5.41) is 0.727. The van der Waals surface area contributed by atoms with E-state index in [4.69, 9.17) is 21.6 Å². The summed E-state index contributed by atoms with van der Waals surface area (Å²) in [7, 11) is 0. The predicted octanol–water partition coefficient (Wildman–Crippen LogP) is 2.98. The van der Waals surface area contributed by atoms with Crippen LogP contribution in [0.4, 0.5) is 5.82 Å². The second kappa shape index (κ2) is 6.52. The van der Waals surface area contributed by atoms with Crippen molar-refractivity contribution in [2.45, 2.75) is 25.3 Å². The third-order valence-electron chi connectivity index (χ3n) is 5.15. The van der Waals surface area contributed by atoms with Gasteiger partial charge in [0.05, 0.1) is 10.7 Å². The van der Waals surface area contributed by atoms with Gasteiger partial charge in [-0.3, -0.25) is 4.90 Å². The molecule has 2 fully saturated rings. The molecule has 1 saturated heterocycles. The molecule has 0 unspecified atom stereocenters. The maximum absolute atomic E-state index is 6.05. The Hall–Kier alpha value is -2.18. The minimum Gasteiger partial charge on any atom is -0.354 e. The standard InChI is InChI=1S/C19H21ClN6/c20-15-3-4-17-22-16(13-26(17)11-15)12-24-7-9-25(10-8-24)18-5-6-21-19(23-18)14-1-2-14/h3-6,11,13-14H,1-2,7-10,12H2. The average molecular weight is 369 g/mol. The number of halogens is 1. The maximum atomic E-state index is 6.05. The molecular formula is C19H21ClN6. The highest BCUT2D eigenvalue weighted by Crippen LogP contribution is 2.38. The summed E-state index contributed by atoms with van der Waals surface area (Å²) >= 11 is 6.05. The van der Waals surface area contributed by atoms with Crippen molar-refractivity contribution in [1.29, 1.82) is 0 Å². The van der Waals surface area contributed by atoms with Crippen molar-refractivity contribution >= 4 is 23.1 Å². The van der Waals surface area contributed by atoms with Crippen LogP contribution in [0, 0.1) is 0 Å². The molecule has 4 heterocycles. The summed E-state index contributed by atoms with van der Waals surface area (Å²) in [6.45, 7) is 4.86. The number of piperazine rings is 1. The molecule has 3 aromatic rings. The highest BCUT2D eigenvalue weighted by Gasteiger charge is 2.27. The number of pyridine rings is 1. The zero-order valence-electron chi connectivity index (χ0n) is 14.6. The van der Waals surface area contributed by atoms with Crippen LogP contribution in [-0.4, -0.2) is 50.4 Å². The number of fused-ring (bicyclic) bond motifs is 1. The first-order chi connectivity index (χ1) is 12.7. The molecule has 2 aliphatic rings. The number of anilines is 1. The van der Waals surface area contributed by atoms with Gasteiger partial charge in [0.1, 0.15) is 17.3 Å². The van der Waals surface area contributed by atoms with Crippen molar-refractivity contribution in [3.63, 3.8) is 0 Å². The van der Waals surface area contributed by atoms with Crippen LogP contribution in [0.3, 0.4) is 0 Å². The predicted molar refractivity (Wildman–Crippen MR) is 102 cm³/mol. The molecule has 1 aliphatic carbocycles. The minimum absolute atomic E-state index is 0.597. The largest absolute Gasteiger partial charge is 0.354 e. The third kappa shape index (κ3) is 3.27. The number of hydrogen-bond donors (Lipinski definition) is 0. The lowest BCUT2D eigenvalue weighted by molar-refractivity contribution is 0.247. The van der Waals surface area contributed by atoms with E-state index in [0.717, 1.165) is 60.7 Å². The van der Waals surface area contributed by atoms with Gasteiger partial charge in [0.15, 0.2) is 0 Å². The van der Waals surface area contributed by atoms with E-state index < -0.39 is 0 Å². The number of imidazole rings is 1. The SMILES string of the molecule is Clc1ccc2nc(CN3CCN(c4ccnc(C5CC5)n4)CC3)cn2c1. The van der Waals surface area contributed by atoms with Crippen molar-refractivity contribution in [3.05, 3.63) is 53.3 Å². The molecule has 6 nitrogen and oxygen atoms in total. The molecule has 7 heteroatoms. The van der Waals surface area contributed by atoms with Gasteiger partial charge in [-0.05, 0) is 31.0 Å². The number of rotatable bonds is 4. The third-order valence-corrected chi connectivity index (χ3v) is 5.37. The topological polar surface area (TPSA) is 49.6 Å². The van der Waals surface area contributed by atoms with Gasteiger partial charge in [-0.1, -0.05) is 11.6 Å². The maximum Gasteiger partial charge on any atom is 0.137 e. The molecule has 0 aromatic carbocycles. The van der Waals surface area contributed by atoms with E-state index in [1.54, 1.807) is 0 Å². The van der Waals surface area contributed by atoms with Gasteiger partial charge < -0.3 is 9.30 Å². The summed E-state index contributed by atoms with van der Waals surface area (Å²) in [4.78, 5) is 18.7. The fourth-order valence-corrected chi connectivity index (χ4v) is 3.70. The minimum atomic E-state index is 0.597. The van der Waals surface area contributed by atoms with Crippen LogP contribution in [0.2, 0.25) is 5.02 Å². The second-order valence-corrected chi connectivity index (χ2v) is 7.59. The Kier molecular flexibility index (Phi) is 4.02. The summed E-state index contributed by atoms with van der Waals surface area (Å²) in [5.41, 5.74) is 2.02. The molecule has 0 bridgehead atoms. The van der Waals surface area contributed by atoms with Crippen LogP contribution < -0.4 is 4.90 Å². The molecule has 26 heavy (non-hydrogen) atoms. The first kappa shape index (κ1) is 16.0. The monoisotopic (exact) mass is 368 g/mol. The molecule has 3 aromatic heterocycles. The van der Waals surface area contributed by atoms with Crippen LogP contribution in [0.25, 0.3) is 5.65 Å². The second-order valence-electron chi connectivity index (χ2n) is 7.16. The number of nitrogens with zero attached hydrogens (tertiary/aromatic N) is 6. The molecular weight excluding hydrogens is 348 g/mol. The number of hydrogen-bond acceptors (Lipinski definition) is 5. The van der Waals surface area contributed by atoms with Gasteiger partial charge in [0, 0.05) is 57.2 Å². The lowest BCUT2D eigenvalue weighted by Crippen LogP contribution is -2.46. The highest BCUT2D eigenvalue weighted by atomic mass is 35.5. The van der Waals surface area contributed by atoms with Crippen LogP contribution in [0.15, 0.2) is 36.8 Å². The van der Waals surface area contributed by atoms with Gasteiger partial charge in [0.25, 0.3) is 0 Å². The Balaban J connectivity index is 1.23. The Labute approximate surface area is 157 Å². The fourth-order valence-electron chi connectivity index (χ4n) is 3.54. The smallest absolute Gasteiger partial charge is 0.137 e. The molecule has 5 rings (SSSR count). The van der Waals surface area contributed by atoms with Gasteiger partial charge in [-0.2, -0.15) is 0 Å². The zero-order valence-corrected chi connectivity index (χ0v) is 15.3. The summed E-state index contributed by atoms with van der Waals surface area (Å²) in [6.07, 6.45) is 8.35. The van der Waals surface area contributed by atoms with Crippen LogP contribution >= 0.6 is 11.6 Å². The Morgan fingerprint density at radius 3 is 2.65 bits per heavy atom. The van der Waals surface area contributed by atoms with Gasteiger partial charge in [-0.15, -0.1) is 0 Å². The molecule has 0 atom stereocenters. The Morgan fingerprint density at radius 1 is 1.00 bits per heavy atom. The fraction of sp³-hybridized carbons (Fsp3) is 0.421. The lowest BCUT2D eigenvalue weighted by atomic mass is 10.3. The molecule has 0 amide bonds. The molecule has 0 spiro atoms. The van der Waals surface area contributed by atoms with E-state index in [-0.39, 0.29) is 0 Å². The summed E-state index contributed by atoms with van der Waals surface area (Å²) in [6, 6.07) is 5.87. The van der Waals surface area contributed by atoms with Crippen LogP contribution in [0.5, 0.6) is 0 Å². The first-order valence-electron chi connectivity index (χ1n) is 9.18. The number of aromatic nitrogens is 4. The molecule has 134 valence electrons. The van der Waals surface area contributed by atoms with E-state index in [1.807, 2.05) is 35.0 Å². The van der Waals surface area contributed by atoms with E-state index in [2.05, 4.69) is 21.0 Å². The van der Waals surface area contributed by atoms with Crippen molar-refractivity contribution in [3.8, 4) is 0 Å².